The van der Waals surface area contributed by atoms with Gasteiger partial charge in [-0.25, -0.2) is 8.42 Å². The fourth-order valence-corrected chi connectivity index (χ4v) is 2.22. The minimum absolute atomic E-state index is 0.693. The predicted molar refractivity (Wildman–Crippen MR) is 58.5 cm³/mol. The Labute approximate surface area is 84.5 Å². The lowest BCUT2D eigenvalue weighted by Gasteiger charge is -2.10. The largest absolute Gasteiger partial charge is 0.223 e. The highest BCUT2D eigenvalue weighted by Gasteiger charge is 2.20. The summed E-state index contributed by atoms with van der Waals surface area (Å²) in [5.74, 6) is 0. The van der Waals surface area contributed by atoms with E-state index in [2.05, 4.69) is 13.2 Å². The summed E-state index contributed by atoms with van der Waals surface area (Å²) in [4.78, 5) is 0. The quantitative estimate of drug-likeness (QED) is 0.712. The number of hydrogen-bond donors (Lipinski definition) is 0. The van der Waals surface area contributed by atoms with Crippen molar-refractivity contribution in [3.05, 3.63) is 60.5 Å². The number of rotatable bonds is 4. The van der Waals surface area contributed by atoms with Gasteiger partial charge in [0.2, 0.25) is 0 Å². The van der Waals surface area contributed by atoms with Crippen molar-refractivity contribution in [2.75, 3.05) is 0 Å². The fourth-order valence-electron chi connectivity index (χ4n) is 1.21. The van der Waals surface area contributed by atoms with Crippen molar-refractivity contribution < 1.29 is 8.42 Å². The van der Waals surface area contributed by atoms with Gasteiger partial charge in [-0.1, -0.05) is 43.0 Å². The molecule has 0 saturated carbocycles. The Morgan fingerprint density at radius 1 is 1.14 bits per heavy atom. The molecule has 0 radical (unpaired) electrons. The Kier molecular flexibility index (Phi) is 3.25. The van der Waals surface area contributed by atoms with Crippen molar-refractivity contribution in [3.63, 3.8) is 0 Å². The smallest absolute Gasteiger partial charge is 0.181 e. The third-order valence-electron chi connectivity index (χ3n) is 1.93. The van der Waals surface area contributed by atoms with Crippen LogP contribution in [0.15, 0.2) is 55.0 Å². The van der Waals surface area contributed by atoms with Gasteiger partial charge in [0.25, 0.3) is 0 Å². The normalized spacial score (nSPS) is 13.1. The van der Waals surface area contributed by atoms with E-state index in [9.17, 15) is 8.42 Å². The van der Waals surface area contributed by atoms with Crippen molar-refractivity contribution in [2.24, 2.45) is 0 Å². The zero-order valence-corrected chi connectivity index (χ0v) is 8.57. The number of hydrogen-bond acceptors (Lipinski definition) is 2. The van der Waals surface area contributed by atoms with Gasteiger partial charge < -0.3 is 0 Å². The maximum atomic E-state index is 11.5. The Balaban J connectivity index is 3.19. The molecule has 0 fully saturated rings. The van der Waals surface area contributed by atoms with Crippen molar-refractivity contribution in [2.45, 2.75) is 5.25 Å². The number of benzene rings is 1. The van der Waals surface area contributed by atoms with Gasteiger partial charge in [0.1, 0.15) is 5.25 Å². The van der Waals surface area contributed by atoms with Crippen LogP contribution >= 0.6 is 0 Å². The highest BCUT2D eigenvalue weighted by Crippen LogP contribution is 2.24. The Morgan fingerprint density at radius 3 is 2.14 bits per heavy atom. The van der Waals surface area contributed by atoms with Crippen molar-refractivity contribution >= 4 is 9.84 Å². The Morgan fingerprint density at radius 2 is 1.71 bits per heavy atom. The van der Waals surface area contributed by atoms with Gasteiger partial charge in [0, 0.05) is 5.41 Å². The predicted octanol–water partition coefficient (Wildman–Crippen LogP) is 2.47. The molecule has 0 aliphatic carbocycles. The lowest BCUT2D eigenvalue weighted by atomic mass is 10.1. The van der Waals surface area contributed by atoms with E-state index < -0.39 is 15.1 Å². The molecule has 1 aromatic carbocycles. The van der Waals surface area contributed by atoms with Gasteiger partial charge in [0.15, 0.2) is 9.84 Å². The molecule has 0 heterocycles. The van der Waals surface area contributed by atoms with Crippen LogP contribution in [-0.2, 0) is 9.84 Å². The van der Waals surface area contributed by atoms with E-state index >= 15 is 0 Å². The molecule has 0 bridgehead atoms. The molecule has 0 N–H and O–H groups in total. The van der Waals surface area contributed by atoms with Crippen LogP contribution in [0.3, 0.4) is 0 Å². The Hall–Kier alpha value is -1.35. The van der Waals surface area contributed by atoms with E-state index in [4.69, 9.17) is 0 Å². The maximum Gasteiger partial charge on any atom is 0.181 e. The summed E-state index contributed by atoms with van der Waals surface area (Å²) in [6.07, 6.45) is 1.41. The van der Waals surface area contributed by atoms with Gasteiger partial charge in [-0.15, -0.1) is 6.58 Å². The molecule has 74 valence electrons. The molecule has 1 aromatic rings. The highest BCUT2D eigenvalue weighted by molar-refractivity contribution is 7.94. The summed E-state index contributed by atoms with van der Waals surface area (Å²) in [6.45, 7) is 6.82. The third-order valence-corrected chi connectivity index (χ3v) is 3.57. The second-order valence-corrected chi connectivity index (χ2v) is 4.84. The zero-order valence-electron chi connectivity index (χ0n) is 7.76. The molecule has 2 nitrogen and oxygen atoms in total. The summed E-state index contributed by atoms with van der Waals surface area (Å²) >= 11 is 0. The second kappa shape index (κ2) is 4.24. The average Bonchev–Trinajstić information content (AvgIpc) is 2.20. The van der Waals surface area contributed by atoms with Gasteiger partial charge >= 0.3 is 0 Å². The second-order valence-electron chi connectivity index (χ2n) is 2.82. The van der Waals surface area contributed by atoms with Gasteiger partial charge in [-0.2, -0.15) is 0 Å². The van der Waals surface area contributed by atoms with Crippen LogP contribution in [0.1, 0.15) is 10.8 Å². The van der Waals surface area contributed by atoms with Crippen LogP contribution in [0.4, 0.5) is 0 Å². The molecule has 1 unspecified atom stereocenters. The lowest BCUT2D eigenvalue weighted by molar-refractivity contribution is 0.599. The molecular formula is C11H12O2S. The fraction of sp³-hybridized carbons (Fsp3) is 0.0909. The molecule has 0 aliphatic heterocycles. The third kappa shape index (κ3) is 2.12. The van der Waals surface area contributed by atoms with E-state index in [-0.39, 0.29) is 0 Å². The van der Waals surface area contributed by atoms with Crippen LogP contribution in [0.2, 0.25) is 0 Å². The summed E-state index contributed by atoms with van der Waals surface area (Å²) in [6, 6.07) is 8.94. The van der Waals surface area contributed by atoms with Gasteiger partial charge in [0.05, 0.1) is 0 Å². The molecule has 3 heteroatoms. The minimum Gasteiger partial charge on any atom is -0.223 e. The summed E-state index contributed by atoms with van der Waals surface area (Å²) in [7, 11) is -3.32. The molecule has 1 rings (SSSR count). The molecule has 14 heavy (non-hydrogen) atoms. The molecule has 0 aliphatic rings. The number of sulfone groups is 1. The highest BCUT2D eigenvalue weighted by atomic mass is 32.2. The molecule has 1 atom stereocenters. The standard InChI is InChI=1S/C11H12O2S/c1-3-11(14(12,13)4-2)10-8-6-5-7-9-10/h3-9,11H,1-2H2. The monoisotopic (exact) mass is 208 g/mol. The van der Waals surface area contributed by atoms with Gasteiger partial charge in [-0.3, -0.25) is 0 Å². The van der Waals surface area contributed by atoms with E-state index in [0.29, 0.717) is 5.56 Å². The first-order valence-corrected chi connectivity index (χ1v) is 5.76. The van der Waals surface area contributed by atoms with E-state index in [1.165, 1.54) is 6.08 Å². The van der Waals surface area contributed by atoms with Crippen molar-refractivity contribution in [1.82, 2.24) is 0 Å². The van der Waals surface area contributed by atoms with E-state index in [1.54, 1.807) is 24.3 Å². The molecule has 0 saturated heterocycles. The Bertz CT molecular complexity index is 418. The summed E-state index contributed by atoms with van der Waals surface area (Å²) in [5.41, 5.74) is 0.711. The molecular weight excluding hydrogens is 196 g/mol. The summed E-state index contributed by atoms with van der Waals surface area (Å²) in [5, 5.41) is 0.271. The molecule has 0 aromatic heterocycles. The maximum absolute atomic E-state index is 11.5. The van der Waals surface area contributed by atoms with Crippen LogP contribution in [0.25, 0.3) is 0 Å². The lowest BCUT2D eigenvalue weighted by Crippen LogP contribution is -2.07. The first kappa shape index (κ1) is 10.7. The van der Waals surface area contributed by atoms with Crippen molar-refractivity contribution in [3.8, 4) is 0 Å². The topological polar surface area (TPSA) is 34.1 Å². The van der Waals surface area contributed by atoms with Crippen molar-refractivity contribution in [1.29, 1.82) is 0 Å². The van der Waals surface area contributed by atoms with E-state index in [1.807, 2.05) is 6.07 Å². The molecule has 0 amide bonds. The molecule has 0 spiro atoms. The van der Waals surface area contributed by atoms with Gasteiger partial charge in [-0.05, 0) is 5.56 Å². The SMILES string of the molecule is C=CC(c1ccccc1)S(=O)(=O)C=C. The minimum atomic E-state index is -3.32. The summed E-state index contributed by atoms with van der Waals surface area (Å²) < 4.78 is 23.1. The van der Waals surface area contributed by atoms with Crippen LogP contribution < -0.4 is 0 Å². The zero-order chi connectivity index (χ0) is 10.6. The van der Waals surface area contributed by atoms with E-state index in [0.717, 1.165) is 5.41 Å². The average molecular weight is 208 g/mol. The first-order chi connectivity index (χ1) is 6.61. The van der Waals surface area contributed by atoms with Crippen LogP contribution in [-0.4, -0.2) is 8.42 Å². The van der Waals surface area contributed by atoms with Crippen LogP contribution in [0, 0.1) is 0 Å². The van der Waals surface area contributed by atoms with Crippen LogP contribution in [0.5, 0.6) is 0 Å². The first-order valence-electron chi connectivity index (χ1n) is 4.15.